The molecule has 3 rings (SSSR count). The number of rotatable bonds is 0. The quantitative estimate of drug-likeness (QED) is 0.717. The van der Waals surface area contributed by atoms with Crippen LogP contribution >= 0.6 is 23.2 Å². The van der Waals surface area contributed by atoms with E-state index in [1.807, 2.05) is 48.5 Å². The number of nitrogens with two attached hydrogens (primary N) is 1. The number of benzene rings is 2. The monoisotopic (exact) mass is 306 g/mol. The summed E-state index contributed by atoms with van der Waals surface area (Å²) in [6.45, 7) is 0. The summed E-state index contributed by atoms with van der Waals surface area (Å²) in [5.74, 6) is 0. The number of anilines is 2. The second-order valence-electron chi connectivity index (χ2n) is 4.59. The minimum Gasteiger partial charge on any atom is -0.351 e. The SMILES string of the molecule is NC(=O)N1c2ccccc2C(Cl)C(Cl)c2ccccc21. The molecule has 0 saturated heterocycles. The van der Waals surface area contributed by atoms with Crippen molar-refractivity contribution >= 4 is 40.6 Å². The Kier molecular flexibility index (Phi) is 3.32. The van der Waals surface area contributed by atoms with Gasteiger partial charge in [-0.2, -0.15) is 0 Å². The van der Waals surface area contributed by atoms with Gasteiger partial charge in [-0.15, -0.1) is 23.2 Å². The summed E-state index contributed by atoms with van der Waals surface area (Å²) in [7, 11) is 0. The molecule has 2 N–H and O–H groups in total. The van der Waals surface area contributed by atoms with Gasteiger partial charge in [0.25, 0.3) is 0 Å². The molecule has 0 fully saturated rings. The van der Waals surface area contributed by atoms with Crippen molar-refractivity contribution in [2.24, 2.45) is 5.73 Å². The van der Waals surface area contributed by atoms with Crippen LogP contribution in [-0.4, -0.2) is 6.03 Å². The van der Waals surface area contributed by atoms with E-state index in [1.54, 1.807) is 0 Å². The van der Waals surface area contributed by atoms with Crippen LogP contribution in [0.4, 0.5) is 16.2 Å². The summed E-state index contributed by atoms with van der Waals surface area (Å²) in [5.41, 5.74) is 8.50. The van der Waals surface area contributed by atoms with Crippen molar-refractivity contribution in [3.05, 3.63) is 59.7 Å². The molecule has 1 heterocycles. The van der Waals surface area contributed by atoms with E-state index in [0.29, 0.717) is 11.4 Å². The average molecular weight is 307 g/mol. The number of alkyl halides is 2. The number of hydrogen-bond donors (Lipinski definition) is 1. The molecule has 1 aliphatic rings. The molecule has 0 aliphatic carbocycles. The van der Waals surface area contributed by atoms with Crippen LogP contribution in [0.3, 0.4) is 0 Å². The van der Waals surface area contributed by atoms with Crippen molar-refractivity contribution in [2.45, 2.75) is 10.8 Å². The van der Waals surface area contributed by atoms with Crippen molar-refractivity contribution in [1.29, 1.82) is 0 Å². The van der Waals surface area contributed by atoms with Crippen molar-refractivity contribution in [3.8, 4) is 0 Å². The first-order chi connectivity index (χ1) is 9.61. The summed E-state index contributed by atoms with van der Waals surface area (Å²) >= 11 is 13.0. The van der Waals surface area contributed by atoms with Gasteiger partial charge in [0.15, 0.2) is 0 Å². The number of carbonyl (C=O) groups excluding carboxylic acids is 1. The molecule has 2 aromatic rings. The molecule has 20 heavy (non-hydrogen) atoms. The molecule has 0 aromatic heterocycles. The molecule has 0 saturated carbocycles. The first-order valence-corrected chi connectivity index (χ1v) is 7.04. The van der Waals surface area contributed by atoms with E-state index in [1.165, 1.54) is 4.90 Å². The van der Waals surface area contributed by atoms with Crippen LogP contribution in [0.15, 0.2) is 48.5 Å². The number of carbonyl (C=O) groups is 1. The number of nitrogens with zero attached hydrogens (tertiary/aromatic N) is 1. The fourth-order valence-corrected chi connectivity index (χ4v) is 3.17. The second-order valence-corrected chi connectivity index (χ2v) is 5.54. The van der Waals surface area contributed by atoms with Crippen LogP contribution in [0.2, 0.25) is 0 Å². The highest BCUT2D eigenvalue weighted by molar-refractivity contribution is 6.31. The predicted molar refractivity (Wildman–Crippen MR) is 81.8 cm³/mol. The van der Waals surface area contributed by atoms with Gasteiger partial charge >= 0.3 is 6.03 Å². The van der Waals surface area contributed by atoms with Gasteiger partial charge in [0.05, 0.1) is 22.1 Å². The number of primary amides is 1. The third-order valence-corrected chi connectivity index (χ3v) is 4.53. The van der Waals surface area contributed by atoms with Crippen molar-refractivity contribution in [2.75, 3.05) is 4.90 Å². The zero-order valence-electron chi connectivity index (χ0n) is 10.5. The fourth-order valence-electron chi connectivity index (χ4n) is 2.53. The van der Waals surface area contributed by atoms with Crippen LogP contribution in [0, 0.1) is 0 Å². The Morgan fingerprint density at radius 1 is 0.900 bits per heavy atom. The Hall–Kier alpha value is -1.71. The minimum absolute atomic E-state index is 0.432. The van der Waals surface area contributed by atoms with Crippen LogP contribution in [0.1, 0.15) is 21.9 Å². The van der Waals surface area contributed by atoms with Crippen molar-refractivity contribution < 1.29 is 4.79 Å². The van der Waals surface area contributed by atoms with E-state index < -0.39 is 16.8 Å². The lowest BCUT2D eigenvalue weighted by atomic mass is 10.0. The molecule has 102 valence electrons. The highest BCUT2D eigenvalue weighted by atomic mass is 35.5. The van der Waals surface area contributed by atoms with Crippen LogP contribution in [-0.2, 0) is 0 Å². The molecule has 0 bridgehead atoms. The lowest BCUT2D eigenvalue weighted by Gasteiger charge is -2.22. The van der Waals surface area contributed by atoms with Crippen molar-refractivity contribution in [1.82, 2.24) is 0 Å². The second kappa shape index (κ2) is 5.00. The van der Waals surface area contributed by atoms with Crippen molar-refractivity contribution in [3.63, 3.8) is 0 Å². The van der Waals surface area contributed by atoms with Crippen LogP contribution < -0.4 is 10.6 Å². The topological polar surface area (TPSA) is 46.3 Å². The Morgan fingerprint density at radius 2 is 1.30 bits per heavy atom. The molecule has 1 aliphatic heterocycles. The molecule has 2 atom stereocenters. The minimum atomic E-state index is -0.556. The molecule has 2 aromatic carbocycles. The fraction of sp³-hybridized carbons (Fsp3) is 0.133. The number of fused-ring (bicyclic) bond motifs is 2. The number of urea groups is 1. The Morgan fingerprint density at radius 3 is 1.70 bits per heavy atom. The zero-order chi connectivity index (χ0) is 14.3. The van der Waals surface area contributed by atoms with Gasteiger partial charge in [-0.05, 0) is 23.3 Å². The van der Waals surface area contributed by atoms with Gasteiger partial charge in [0.1, 0.15) is 0 Å². The van der Waals surface area contributed by atoms with E-state index in [4.69, 9.17) is 28.9 Å². The van der Waals surface area contributed by atoms with Gasteiger partial charge in [-0.25, -0.2) is 4.79 Å². The normalized spacial score (nSPS) is 20.8. The highest BCUT2D eigenvalue weighted by Crippen LogP contribution is 2.50. The lowest BCUT2D eigenvalue weighted by Crippen LogP contribution is -2.32. The first kappa shape index (κ1) is 13.3. The Labute approximate surface area is 126 Å². The van der Waals surface area contributed by atoms with Gasteiger partial charge in [-0.1, -0.05) is 36.4 Å². The maximum atomic E-state index is 11.9. The first-order valence-electron chi connectivity index (χ1n) is 6.17. The Bertz CT molecular complexity index is 623. The number of halogens is 2. The highest BCUT2D eigenvalue weighted by Gasteiger charge is 2.33. The number of hydrogen-bond acceptors (Lipinski definition) is 1. The number of para-hydroxylation sites is 2. The maximum Gasteiger partial charge on any atom is 0.323 e. The van der Waals surface area contributed by atoms with E-state index >= 15 is 0 Å². The summed E-state index contributed by atoms with van der Waals surface area (Å²) in [6.07, 6.45) is 0. The largest absolute Gasteiger partial charge is 0.351 e. The zero-order valence-corrected chi connectivity index (χ0v) is 12.0. The number of amides is 2. The molecule has 3 nitrogen and oxygen atoms in total. The third kappa shape index (κ3) is 1.94. The molecule has 0 spiro atoms. The summed E-state index contributed by atoms with van der Waals surface area (Å²) in [5, 5.41) is -0.864. The molecule has 2 unspecified atom stereocenters. The maximum absolute atomic E-state index is 11.9. The Balaban J connectivity index is 2.33. The summed E-state index contributed by atoms with van der Waals surface area (Å²) in [6, 6.07) is 14.2. The van der Waals surface area contributed by atoms with Crippen LogP contribution in [0.5, 0.6) is 0 Å². The third-order valence-electron chi connectivity index (χ3n) is 3.43. The lowest BCUT2D eigenvalue weighted by molar-refractivity contribution is 0.256. The van der Waals surface area contributed by atoms with Crippen LogP contribution in [0.25, 0.3) is 0 Å². The smallest absolute Gasteiger partial charge is 0.323 e. The molecule has 0 radical (unpaired) electrons. The molecule has 2 amide bonds. The van der Waals surface area contributed by atoms with E-state index in [2.05, 4.69) is 0 Å². The van der Waals surface area contributed by atoms with Gasteiger partial charge in [0, 0.05) is 0 Å². The van der Waals surface area contributed by atoms with E-state index in [-0.39, 0.29) is 0 Å². The molecular formula is C15H12Cl2N2O. The van der Waals surface area contributed by atoms with Gasteiger partial charge < -0.3 is 5.73 Å². The van der Waals surface area contributed by atoms with Gasteiger partial charge in [-0.3, -0.25) is 4.90 Å². The summed E-state index contributed by atoms with van der Waals surface area (Å²) < 4.78 is 0. The molecular weight excluding hydrogens is 295 g/mol. The molecule has 5 heteroatoms. The average Bonchev–Trinajstić information content (AvgIpc) is 2.55. The standard InChI is InChI=1S/C15H12Cl2N2O/c16-13-9-5-1-3-7-11(9)19(15(18)20)12-8-4-2-6-10(12)14(13)17/h1-8,13-14H,(H2,18,20). The summed E-state index contributed by atoms with van der Waals surface area (Å²) in [4.78, 5) is 13.4. The van der Waals surface area contributed by atoms with E-state index in [9.17, 15) is 4.79 Å². The van der Waals surface area contributed by atoms with Gasteiger partial charge in [0.2, 0.25) is 0 Å². The van der Waals surface area contributed by atoms with E-state index in [0.717, 1.165) is 11.1 Å². The predicted octanol–water partition coefficient (Wildman–Crippen LogP) is 4.48.